The van der Waals surface area contributed by atoms with Crippen molar-refractivity contribution in [3.8, 4) is 11.3 Å². The maximum Gasteiger partial charge on any atom is 0.345 e. The van der Waals surface area contributed by atoms with Crippen molar-refractivity contribution < 1.29 is 29.6 Å². The number of aliphatic hydroxyl groups excluding tert-OH is 4. The molecule has 3 heterocycles. The van der Waals surface area contributed by atoms with Crippen LogP contribution in [0.3, 0.4) is 0 Å². The average Bonchev–Trinajstić information content (AvgIpc) is 2.73. The highest BCUT2D eigenvalue weighted by Crippen LogP contribution is 2.26. The van der Waals surface area contributed by atoms with Crippen LogP contribution in [-0.2, 0) is 4.74 Å². The molecule has 1 aliphatic heterocycles. The van der Waals surface area contributed by atoms with E-state index in [1.165, 1.54) is 0 Å². The van der Waals surface area contributed by atoms with Gasteiger partial charge in [-0.25, -0.2) is 4.79 Å². The summed E-state index contributed by atoms with van der Waals surface area (Å²) in [7, 11) is 0. The number of nitrogens with zero attached hydrogens (tertiary/aromatic N) is 1. The molecular weight excluding hydrogens is 380 g/mol. The van der Waals surface area contributed by atoms with E-state index in [-0.39, 0.29) is 0 Å². The van der Waals surface area contributed by atoms with Crippen molar-refractivity contribution in [3.63, 3.8) is 0 Å². The van der Waals surface area contributed by atoms with Crippen molar-refractivity contribution in [2.45, 2.75) is 30.6 Å². The molecule has 152 valence electrons. The van der Waals surface area contributed by atoms with Gasteiger partial charge in [-0.05, 0) is 30.3 Å². The van der Waals surface area contributed by atoms with Crippen LogP contribution in [0.2, 0.25) is 0 Å². The Bertz CT molecular complexity index is 1060. The fraction of sp³-hybridized carbons (Fsp3) is 0.300. The number of hydrogen-bond donors (Lipinski definition) is 5. The first kappa shape index (κ1) is 19.5. The monoisotopic (exact) mass is 400 g/mol. The number of aliphatic hydroxyl groups is 4. The average molecular weight is 400 g/mol. The van der Waals surface area contributed by atoms with Gasteiger partial charge in [0.2, 0.25) is 0 Å². The zero-order valence-corrected chi connectivity index (χ0v) is 15.2. The highest BCUT2D eigenvalue weighted by atomic mass is 16.6. The molecule has 1 aromatic carbocycles. The van der Waals surface area contributed by atoms with Crippen molar-refractivity contribution in [3.05, 3.63) is 59.1 Å². The van der Waals surface area contributed by atoms with Crippen molar-refractivity contribution in [1.82, 2.24) is 4.98 Å². The molecule has 3 aromatic rings. The van der Waals surface area contributed by atoms with Gasteiger partial charge >= 0.3 is 5.63 Å². The third-order valence-electron chi connectivity index (χ3n) is 4.91. The molecule has 0 amide bonds. The summed E-state index contributed by atoms with van der Waals surface area (Å²) >= 11 is 0. The first-order chi connectivity index (χ1) is 14.0. The summed E-state index contributed by atoms with van der Waals surface area (Å²) in [6.45, 7) is -0.540. The number of aromatic nitrogens is 1. The van der Waals surface area contributed by atoms with Gasteiger partial charge in [0.1, 0.15) is 29.9 Å². The lowest BCUT2D eigenvalue weighted by atomic mass is 9.97. The summed E-state index contributed by atoms with van der Waals surface area (Å²) in [5.41, 5.74) is 1.03. The van der Waals surface area contributed by atoms with Crippen LogP contribution in [0.25, 0.3) is 22.2 Å². The molecule has 1 aliphatic rings. The summed E-state index contributed by atoms with van der Waals surface area (Å²) in [5.74, 6) is 0. The Morgan fingerprint density at radius 1 is 1.07 bits per heavy atom. The maximum absolute atomic E-state index is 12.4. The molecule has 9 heteroatoms. The van der Waals surface area contributed by atoms with Crippen molar-refractivity contribution >= 4 is 16.7 Å². The van der Waals surface area contributed by atoms with E-state index in [1.54, 1.807) is 48.7 Å². The number of rotatable bonds is 4. The van der Waals surface area contributed by atoms with E-state index in [4.69, 9.17) is 14.3 Å². The Balaban J connectivity index is 1.62. The highest BCUT2D eigenvalue weighted by molar-refractivity contribution is 5.83. The molecule has 5 atom stereocenters. The van der Waals surface area contributed by atoms with Crippen molar-refractivity contribution in [1.29, 1.82) is 0 Å². The molecule has 0 bridgehead atoms. The molecule has 0 radical (unpaired) electrons. The number of ether oxygens (including phenoxy) is 1. The number of fused-ring (bicyclic) bond motifs is 1. The molecule has 0 spiro atoms. The predicted molar refractivity (Wildman–Crippen MR) is 103 cm³/mol. The van der Waals surface area contributed by atoms with Gasteiger partial charge in [0.15, 0.2) is 6.29 Å². The molecule has 29 heavy (non-hydrogen) atoms. The fourth-order valence-electron chi connectivity index (χ4n) is 3.35. The molecule has 2 aromatic heterocycles. The van der Waals surface area contributed by atoms with E-state index in [2.05, 4.69) is 10.3 Å². The maximum atomic E-state index is 12.4. The molecular formula is C20H20N2O7. The molecule has 0 saturated carbocycles. The van der Waals surface area contributed by atoms with E-state index in [0.717, 1.165) is 0 Å². The molecule has 0 aliphatic carbocycles. The van der Waals surface area contributed by atoms with Gasteiger partial charge in [0.25, 0.3) is 0 Å². The second kappa shape index (κ2) is 7.90. The zero-order chi connectivity index (χ0) is 20.5. The molecule has 1 fully saturated rings. The standard InChI is InChI=1S/C20H20N2O7/c23-9-15-17(24)18(25)16(20(27)29-15)22-11-5-4-10-7-12(13-3-1-2-6-21-13)19(26)28-14(10)8-11/h1-8,15-18,20,22-25,27H,9H2/t15?,16?,17-,18?,20?/m0/s1. The predicted octanol–water partition coefficient (Wildman–Crippen LogP) is 0.0668. The largest absolute Gasteiger partial charge is 0.422 e. The lowest BCUT2D eigenvalue weighted by Crippen LogP contribution is -2.61. The van der Waals surface area contributed by atoms with Crippen LogP contribution in [0.15, 0.2) is 57.9 Å². The Hall–Kier alpha value is -2.82. The van der Waals surface area contributed by atoms with Crippen LogP contribution in [-0.4, -0.2) is 62.7 Å². The number of hydrogen-bond acceptors (Lipinski definition) is 9. The smallest absolute Gasteiger partial charge is 0.345 e. The molecule has 5 N–H and O–H groups in total. The summed E-state index contributed by atoms with van der Waals surface area (Å²) in [6, 6.07) is 10.8. The highest BCUT2D eigenvalue weighted by Gasteiger charge is 2.43. The second-order valence-corrected chi connectivity index (χ2v) is 6.81. The zero-order valence-electron chi connectivity index (χ0n) is 15.2. The minimum absolute atomic E-state index is 0.300. The van der Waals surface area contributed by atoms with Crippen LogP contribution in [0.1, 0.15) is 0 Å². The minimum atomic E-state index is -1.46. The van der Waals surface area contributed by atoms with Crippen LogP contribution in [0.5, 0.6) is 0 Å². The van der Waals surface area contributed by atoms with E-state index < -0.39 is 42.9 Å². The van der Waals surface area contributed by atoms with E-state index >= 15 is 0 Å². The van der Waals surface area contributed by atoms with Crippen LogP contribution >= 0.6 is 0 Å². The normalized spacial score (nSPS) is 27.1. The number of anilines is 1. The first-order valence-corrected chi connectivity index (χ1v) is 9.04. The second-order valence-electron chi connectivity index (χ2n) is 6.81. The number of benzene rings is 1. The van der Waals surface area contributed by atoms with Gasteiger partial charge in [-0.15, -0.1) is 0 Å². The topological polar surface area (TPSA) is 145 Å². The van der Waals surface area contributed by atoms with Gasteiger partial charge in [0.05, 0.1) is 17.9 Å². The van der Waals surface area contributed by atoms with E-state index in [0.29, 0.717) is 27.9 Å². The van der Waals surface area contributed by atoms with Gasteiger partial charge in [-0.1, -0.05) is 6.07 Å². The van der Waals surface area contributed by atoms with Gasteiger partial charge in [0, 0.05) is 23.3 Å². The third kappa shape index (κ3) is 3.74. The Morgan fingerprint density at radius 2 is 1.90 bits per heavy atom. The molecule has 1 saturated heterocycles. The van der Waals surface area contributed by atoms with Crippen LogP contribution in [0, 0.1) is 0 Å². The summed E-state index contributed by atoms with van der Waals surface area (Å²) in [4.78, 5) is 16.5. The third-order valence-corrected chi connectivity index (χ3v) is 4.91. The van der Waals surface area contributed by atoms with E-state index in [9.17, 15) is 20.1 Å². The first-order valence-electron chi connectivity index (χ1n) is 9.04. The Kier molecular flexibility index (Phi) is 5.31. The quantitative estimate of drug-likeness (QED) is 0.384. The Morgan fingerprint density at radius 3 is 2.62 bits per heavy atom. The lowest BCUT2D eigenvalue weighted by Gasteiger charge is -2.40. The van der Waals surface area contributed by atoms with Crippen molar-refractivity contribution in [2.75, 3.05) is 11.9 Å². The van der Waals surface area contributed by atoms with Gasteiger partial charge in [-0.2, -0.15) is 0 Å². The number of pyridine rings is 1. The van der Waals surface area contributed by atoms with Crippen LogP contribution < -0.4 is 10.9 Å². The minimum Gasteiger partial charge on any atom is -0.422 e. The van der Waals surface area contributed by atoms with Crippen molar-refractivity contribution in [2.24, 2.45) is 0 Å². The Labute approximate surface area is 164 Å². The molecule has 4 unspecified atom stereocenters. The summed E-state index contributed by atoms with van der Waals surface area (Å²) in [6.07, 6.45) is -3.72. The van der Waals surface area contributed by atoms with E-state index in [1.807, 2.05) is 0 Å². The molecule has 4 rings (SSSR count). The SMILES string of the molecule is O=c1oc2cc(NC3C(O)OC(CO)[C@H](O)C3O)ccc2cc1-c1ccccn1. The van der Waals surface area contributed by atoms with Crippen LogP contribution in [0.4, 0.5) is 5.69 Å². The summed E-state index contributed by atoms with van der Waals surface area (Å²) < 4.78 is 10.5. The van der Waals surface area contributed by atoms with Gasteiger partial charge < -0.3 is 34.9 Å². The summed E-state index contributed by atoms with van der Waals surface area (Å²) in [5, 5.41) is 43.0. The fourth-order valence-corrected chi connectivity index (χ4v) is 3.35. The number of nitrogens with one attached hydrogen (secondary N) is 1. The van der Waals surface area contributed by atoms with Gasteiger partial charge in [-0.3, -0.25) is 4.98 Å². The molecule has 9 nitrogen and oxygen atoms in total. The lowest BCUT2D eigenvalue weighted by molar-refractivity contribution is -0.245.